The molecule has 2 aromatic heterocycles. The van der Waals surface area contributed by atoms with Gasteiger partial charge in [0.05, 0.1) is 0 Å². The van der Waals surface area contributed by atoms with E-state index in [1.165, 1.54) is 5.56 Å². The molecule has 0 aliphatic heterocycles. The quantitative estimate of drug-likeness (QED) is 0.157. The fourth-order valence-electron chi connectivity index (χ4n) is 7.48. The fraction of sp³-hybridized carbons (Fsp3) is 0.0385. The van der Waals surface area contributed by atoms with E-state index >= 15 is 0 Å². The number of hydrogen-bond donors (Lipinski definition) is 0. The molecule has 0 aliphatic rings. The average Bonchev–Trinajstić information content (AvgIpc) is 3.27. The Morgan fingerprint density at radius 2 is 0.732 bits per heavy atom. The average molecular weight is 719 g/mol. The summed E-state index contributed by atoms with van der Waals surface area (Å²) in [6.07, 6.45) is 0. The molecule has 0 radical (unpaired) electrons. The van der Waals surface area contributed by atoms with Gasteiger partial charge in [-0.1, -0.05) is 170 Å². The molecule has 0 N–H and O–H groups in total. The number of benzene rings is 7. The van der Waals surface area contributed by atoms with Crippen LogP contribution in [-0.2, 0) is 0 Å². The Hall–Kier alpha value is -7.30. The number of pyridine rings is 1. The van der Waals surface area contributed by atoms with Gasteiger partial charge in [0, 0.05) is 33.6 Å². The number of aryl methyl sites for hydroxylation is 2. The van der Waals surface area contributed by atoms with E-state index in [4.69, 9.17) is 19.9 Å². The molecule has 7 aromatic carbocycles. The van der Waals surface area contributed by atoms with Crippen molar-refractivity contribution in [3.8, 4) is 89.8 Å². The third-order valence-corrected chi connectivity index (χ3v) is 10.2. The predicted molar refractivity (Wildman–Crippen MR) is 231 cm³/mol. The van der Waals surface area contributed by atoms with E-state index in [2.05, 4.69) is 165 Å². The molecule has 4 nitrogen and oxygen atoms in total. The highest BCUT2D eigenvalue weighted by Crippen LogP contribution is 2.44. The van der Waals surface area contributed by atoms with Gasteiger partial charge in [0.15, 0.2) is 17.5 Å². The van der Waals surface area contributed by atoms with Crippen LogP contribution >= 0.6 is 0 Å². The van der Waals surface area contributed by atoms with Crippen molar-refractivity contribution in [1.82, 2.24) is 19.9 Å². The second kappa shape index (κ2) is 15.2. The number of hydrogen-bond acceptors (Lipinski definition) is 4. The van der Waals surface area contributed by atoms with Crippen molar-refractivity contribution < 1.29 is 0 Å². The van der Waals surface area contributed by atoms with Crippen molar-refractivity contribution in [2.75, 3.05) is 0 Å². The molecule has 0 aliphatic carbocycles. The molecule has 4 heteroatoms. The molecule has 2 heterocycles. The molecular formula is C52H38N4. The molecular weight excluding hydrogens is 681 g/mol. The second-order valence-corrected chi connectivity index (χ2v) is 13.9. The first kappa shape index (κ1) is 34.5. The summed E-state index contributed by atoms with van der Waals surface area (Å²) in [6, 6.07) is 67.9. The lowest BCUT2D eigenvalue weighted by Crippen LogP contribution is -2.02. The number of aromatic nitrogens is 4. The Labute approximate surface area is 327 Å². The molecule has 0 unspecified atom stereocenters. The van der Waals surface area contributed by atoms with Crippen LogP contribution in [-0.4, -0.2) is 19.9 Å². The van der Waals surface area contributed by atoms with Crippen molar-refractivity contribution in [1.29, 1.82) is 0 Å². The molecule has 9 aromatic rings. The molecule has 56 heavy (non-hydrogen) atoms. The van der Waals surface area contributed by atoms with Crippen LogP contribution in [0.1, 0.15) is 11.4 Å². The maximum atomic E-state index is 5.24. The molecule has 0 bridgehead atoms. The third-order valence-electron chi connectivity index (χ3n) is 10.2. The zero-order valence-electron chi connectivity index (χ0n) is 31.3. The SMILES string of the molecule is Cc1ccc(-c2ccccc2-c2nc(-c3ccccc3)nc(-c3cccc(-c4c(-c5ccccc5)cc(-c5ccccc5)cc4-c4ccccc4)c3)n2)c(C)n1. The van der Waals surface area contributed by atoms with Crippen LogP contribution in [0.2, 0.25) is 0 Å². The minimum atomic E-state index is 0.604. The highest BCUT2D eigenvalue weighted by Gasteiger charge is 2.20. The Kier molecular flexibility index (Phi) is 9.36. The number of rotatable bonds is 8. The normalized spacial score (nSPS) is 11.0. The fourth-order valence-corrected chi connectivity index (χ4v) is 7.48. The zero-order valence-corrected chi connectivity index (χ0v) is 31.3. The van der Waals surface area contributed by atoms with Gasteiger partial charge in [0.25, 0.3) is 0 Å². The lowest BCUT2D eigenvalue weighted by molar-refractivity contribution is 1.07. The second-order valence-electron chi connectivity index (χ2n) is 13.9. The van der Waals surface area contributed by atoms with Gasteiger partial charge in [-0.3, -0.25) is 4.98 Å². The van der Waals surface area contributed by atoms with Crippen LogP contribution in [0.25, 0.3) is 89.8 Å². The molecule has 266 valence electrons. The Morgan fingerprint density at radius 1 is 0.268 bits per heavy atom. The largest absolute Gasteiger partial charge is 0.258 e. The molecule has 0 saturated heterocycles. The first-order valence-corrected chi connectivity index (χ1v) is 18.9. The molecule has 0 spiro atoms. The van der Waals surface area contributed by atoms with Gasteiger partial charge in [-0.2, -0.15) is 0 Å². The van der Waals surface area contributed by atoms with Gasteiger partial charge in [0.1, 0.15) is 0 Å². The Morgan fingerprint density at radius 3 is 1.32 bits per heavy atom. The molecule has 0 amide bonds. The highest BCUT2D eigenvalue weighted by atomic mass is 15.0. The summed E-state index contributed by atoms with van der Waals surface area (Å²) in [5, 5.41) is 0. The van der Waals surface area contributed by atoms with Crippen LogP contribution in [0, 0.1) is 13.8 Å². The van der Waals surface area contributed by atoms with E-state index in [9.17, 15) is 0 Å². The van der Waals surface area contributed by atoms with E-state index in [0.29, 0.717) is 17.5 Å². The minimum absolute atomic E-state index is 0.604. The Balaban J connectivity index is 1.27. The first-order valence-electron chi connectivity index (χ1n) is 18.9. The summed E-state index contributed by atoms with van der Waals surface area (Å²) in [7, 11) is 0. The van der Waals surface area contributed by atoms with E-state index in [1.807, 2.05) is 43.3 Å². The smallest absolute Gasteiger partial charge is 0.164 e. The topological polar surface area (TPSA) is 51.6 Å². The predicted octanol–water partition coefficient (Wildman–Crippen LogP) is 13.2. The van der Waals surface area contributed by atoms with Crippen LogP contribution in [0.4, 0.5) is 0 Å². The summed E-state index contributed by atoms with van der Waals surface area (Å²) in [6.45, 7) is 4.07. The number of nitrogens with zero attached hydrogens (tertiary/aromatic N) is 4. The van der Waals surface area contributed by atoms with Gasteiger partial charge in [-0.25, -0.2) is 15.0 Å². The van der Waals surface area contributed by atoms with Crippen LogP contribution in [0.3, 0.4) is 0 Å². The van der Waals surface area contributed by atoms with Gasteiger partial charge in [-0.15, -0.1) is 0 Å². The van der Waals surface area contributed by atoms with Crippen LogP contribution < -0.4 is 0 Å². The van der Waals surface area contributed by atoms with Crippen molar-refractivity contribution in [3.05, 3.63) is 206 Å². The summed E-state index contributed by atoms with van der Waals surface area (Å²) >= 11 is 0. The van der Waals surface area contributed by atoms with Crippen molar-refractivity contribution in [2.24, 2.45) is 0 Å². The first-order chi connectivity index (χ1) is 27.6. The minimum Gasteiger partial charge on any atom is -0.258 e. The molecule has 0 atom stereocenters. The van der Waals surface area contributed by atoms with Gasteiger partial charge < -0.3 is 0 Å². The van der Waals surface area contributed by atoms with Gasteiger partial charge in [0.2, 0.25) is 0 Å². The monoisotopic (exact) mass is 718 g/mol. The Bertz CT molecular complexity index is 2740. The summed E-state index contributed by atoms with van der Waals surface area (Å²) < 4.78 is 0. The molecule has 0 fully saturated rings. The van der Waals surface area contributed by atoms with E-state index in [1.54, 1.807) is 0 Å². The summed E-state index contributed by atoms with van der Waals surface area (Å²) in [5.41, 5.74) is 15.9. The van der Waals surface area contributed by atoms with E-state index < -0.39 is 0 Å². The van der Waals surface area contributed by atoms with Crippen molar-refractivity contribution in [2.45, 2.75) is 13.8 Å². The van der Waals surface area contributed by atoms with Crippen molar-refractivity contribution in [3.63, 3.8) is 0 Å². The third kappa shape index (κ3) is 6.92. The van der Waals surface area contributed by atoms with Crippen LogP contribution in [0.5, 0.6) is 0 Å². The molecule has 0 saturated carbocycles. The molecule has 9 rings (SSSR count). The lowest BCUT2D eigenvalue weighted by Gasteiger charge is -2.19. The summed E-state index contributed by atoms with van der Waals surface area (Å²) in [4.78, 5) is 20.3. The van der Waals surface area contributed by atoms with Gasteiger partial charge in [-0.05, 0) is 88.2 Å². The van der Waals surface area contributed by atoms with Crippen molar-refractivity contribution >= 4 is 0 Å². The van der Waals surface area contributed by atoms with Gasteiger partial charge >= 0.3 is 0 Å². The standard InChI is InChI=1S/C52H38N4/c1-35-30-31-44(36(2)53-35)45-28-15-16-29-46(45)52-55-50(40-24-13-6-14-25-40)54-51(56-52)42-27-17-26-41(32-42)49-47(38-20-9-4-10-21-38)33-43(37-18-7-3-8-19-37)34-48(49)39-22-11-5-12-23-39/h3-34H,1-2H3. The zero-order chi connectivity index (χ0) is 37.8. The van der Waals surface area contributed by atoms with E-state index in [0.717, 1.165) is 78.1 Å². The summed E-state index contributed by atoms with van der Waals surface area (Å²) in [5.74, 6) is 1.83. The van der Waals surface area contributed by atoms with E-state index in [-0.39, 0.29) is 0 Å². The van der Waals surface area contributed by atoms with Crippen LogP contribution in [0.15, 0.2) is 194 Å². The lowest BCUT2D eigenvalue weighted by atomic mass is 9.84. The highest BCUT2D eigenvalue weighted by molar-refractivity contribution is 5.98. The maximum absolute atomic E-state index is 5.24. The maximum Gasteiger partial charge on any atom is 0.164 e.